The zero-order chi connectivity index (χ0) is 39.6. The molecule has 0 amide bonds. The van der Waals surface area contributed by atoms with Crippen molar-refractivity contribution >= 4 is 86.1 Å². The van der Waals surface area contributed by atoms with Crippen LogP contribution in [0.15, 0.2) is 60.2 Å². The van der Waals surface area contributed by atoms with Crippen LogP contribution in [0.25, 0.3) is 46.6 Å². The third-order valence-electron chi connectivity index (χ3n) is 9.41. The van der Waals surface area contributed by atoms with Crippen LogP contribution in [0.3, 0.4) is 0 Å². The van der Waals surface area contributed by atoms with Gasteiger partial charge in [0.2, 0.25) is 0 Å². The molecule has 1 unspecified atom stereocenters. The number of hydrogen-bond donors (Lipinski definition) is 0. The third-order valence-corrected chi connectivity index (χ3v) is 13.2. The molecule has 20 heteroatoms. The lowest BCUT2D eigenvalue weighted by Crippen LogP contribution is -2.52. The van der Waals surface area contributed by atoms with E-state index in [1.165, 1.54) is 42.5 Å². The Morgan fingerprint density at radius 2 is 1.22 bits per heavy atom. The molecule has 0 spiro atoms. The largest absolute Gasteiger partial charge is 0.439 e. The van der Waals surface area contributed by atoms with Crippen molar-refractivity contribution in [2.24, 2.45) is 0 Å². The average molecular weight is 925 g/mol. The van der Waals surface area contributed by atoms with Gasteiger partial charge >= 0.3 is 30.4 Å². The van der Waals surface area contributed by atoms with E-state index in [4.69, 9.17) is 0 Å². The minimum absolute atomic E-state index is 0.0186. The maximum Gasteiger partial charge on any atom is 0.439 e. The first-order valence-corrected chi connectivity index (χ1v) is 18.6. The van der Waals surface area contributed by atoms with Crippen molar-refractivity contribution in [2.75, 3.05) is 0 Å². The molecule has 0 saturated carbocycles. The van der Waals surface area contributed by atoms with E-state index in [-0.39, 0.29) is 48.1 Å². The maximum absolute atomic E-state index is 15.8. The highest BCUT2D eigenvalue weighted by atomic mass is 127. The van der Waals surface area contributed by atoms with E-state index in [0.29, 0.717) is 68.2 Å². The Morgan fingerprint density at radius 1 is 0.704 bits per heavy atom. The van der Waals surface area contributed by atoms with Gasteiger partial charge in [-0.2, -0.15) is 52.7 Å². The van der Waals surface area contributed by atoms with E-state index in [1.807, 2.05) is 6.92 Å². The molecule has 1 atom stereocenters. The van der Waals surface area contributed by atoms with Crippen LogP contribution in [0, 0.1) is 0 Å². The SMILES string of the molecule is CCC1=CCC(n2c(C(I)(C(F)(F)F)C(F)(F)F)nc3sc4cc5c(cc4c32)sc2nc(C(F)(C(F)(F)F)C(F)(F)F)n(-c3ccc(CC)cc3)c25)C=C1. The molecule has 4 nitrogen and oxygen atoms in total. The van der Waals surface area contributed by atoms with Gasteiger partial charge in [0, 0.05) is 25.9 Å². The van der Waals surface area contributed by atoms with Crippen LogP contribution >= 0.6 is 45.3 Å². The van der Waals surface area contributed by atoms with Crippen LogP contribution in [0.1, 0.15) is 49.9 Å². The molecule has 4 aromatic heterocycles. The summed E-state index contributed by atoms with van der Waals surface area (Å²) in [6.07, 6.45) is -18.8. The van der Waals surface area contributed by atoms with Gasteiger partial charge < -0.3 is 4.57 Å². The van der Waals surface area contributed by atoms with Crippen LogP contribution in [0.2, 0.25) is 0 Å². The summed E-state index contributed by atoms with van der Waals surface area (Å²) in [5.74, 6) is -3.29. The summed E-state index contributed by atoms with van der Waals surface area (Å²) >= 11 is 1.61. The molecule has 288 valence electrons. The van der Waals surface area contributed by atoms with Gasteiger partial charge in [-0.25, -0.2) is 14.4 Å². The quantitative estimate of drug-likeness (QED) is 0.0948. The molecule has 4 heterocycles. The first-order chi connectivity index (χ1) is 25.0. The van der Waals surface area contributed by atoms with Gasteiger partial charge in [-0.1, -0.05) is 49.8 Å². The van der Waals surface area contributed by atoms with Gasteiger partial charge in [0.05, 0.1) is 17.1 Å². The molecule has 0 bridgehead atoms. The summed E-state index contributed by atoms with van der Waals surface area (Å²) in [5, 5.41) is 0.154. The Balaban J connectivity index is 1.56. The predicted octanol–water partition coefficient (Wildman–Crippen LogP) is 13.2. The molecule has 0 fully saturated rings. The van der Waals surface area contributed by atoms with Crippen molar-refractivity contribution in [3.05, 3.63) is 77.4 Å². The monoisotopic (exact) mass is 924 g/mol. The Kier molecular flexibility index (Phi) is 9.03. The van der Waals surface area contributed by atoms with Crippen molar-refractivity contribution in [2.45, 2.75) is 72.9 Å². The summed E-state index contributed by atoms with van der Waals surface area (Å²) in [4.78, 5) is 6.89. The Labute approximate surface area is 317 Å². The summed E-state index contributed by atoms with van der Waals surface area (Å²) < 4.78 is 185. The lowest BCUT2D eigenvalue weighted by Gasteiger charge is -2.33. The van der Waals surface area contributed by atoms with E-state index in [9.17, 15) is 52.7 Å². The molecule has 0 aliphatic heterocycles. The summed E-state index contributed by atoms with van der Waals surface area (Å²) in [6.45, 7) is 3.58. The number of aromatic nitrogens is 4. The molecule has 1 aliphatic rings. The van der Waals surface area contributed by atoms with Gasteiger partial charge in [0.1, 0.15) is 15.5 Å². The second-order valence-electron chi connectivity index (χ2n) is 12.6. The van der Waals surface area contributed by atoms with Gasteiger partial charge in [0.25, 0.3) is 3.42 Å². The maximum atomic E-state index is 15.8. The molecule has 0 saturated heterocycles. The topological polar surface area (TPSA) is 35.6 Å². The zero-order valence-electron chi connectivity index (χ0n) is 27.3. The number of thiophene rings is 2. The highest BCUT2D eigenvalue weighted by Crippen LogP contribution is 2.59. The second kappa shape index (κ2) is 12.6. The zero-order valence-corrected chi connectivity index (χ0v) is 31.1. The van der Waals surface area contributed by atoms with Gasteiger partial charge in [-0.05, 0) is 71.7 Å². The van der Waals surface area contributed by atoms with Crippen LogP contribution in [0.5, 0.6) is 0 Å². The third kappa shape index (κ3) is 5.57. The number of halogens is 14. The fraction of sp³-hybridized carbons (Fsp3) is 0.353. The Morgan fingerprint density at radius 3 is 1.69 bits per heavy atom. The van der Waals surface area contributed by atoms with Gasteiger partial charge in [-0.15, -0.1) is 22.7 Å². The predicted molar refractivity (Wildman–Crippen MR) is 188 cm³/mol. The van der Waals surface area contributed by atoms with E-state index >= 15 is 4.39 Å². The molecule has 2 aromatic carbocycles. The molecular formula is C34H22F13IN4S2. The number of alkyl halides is 14. The highest BCUT2D eigenvalue weighted by molar-refractivity contribution is 14.1. The van der Waals surface area contributed by atoms with Crippen molar-refractivity contribution in [3.8, 4) is 5.69 Å². The number of imidazole rings is 2. The number of fused-ring (bicyclic) bond motifs is 6. The Bertz CT molecular complexity index is 2460. The molecule has 1 aliphatic carbocycles. The van der Waals surface area contributed by atoms with E-state index < -0.39 is 56.3 Å². The Hall–Kier alpha value is -3.40. The molecule has 7 rings (SSSR count). The highest BCUT2D eigenvalue weighted by Gasteiger charge is 2.76. The van der Waals surface area contributed by atoms with Crippen LogP contribution in [0.4, 0.5) is 57.1 Å². The van der Waals surface area contributed by atoms with Crippen molar-refractivity contribution in [1.29, 1.82) is 0 Å². The fourth-order valence-electron chi connectivity index (χ4n) is 6.61. The first kappa shape index (κ1) is 38.9. The van der Waals surface area contributed by atoms with Crippen LogP contribution < -0.4 is 0 Å². The van der Waals surface area contributed by atoms with E-state index in [1.54, 1.807) is 19.1 Å². The average Bonchev–Trinajstić information content (AvgIpc) is 3.82. The normalized spacial score (nSPS) is 16.8. The van der Waals surface area contributed by atoms with Crippen LogP contribution in [-0.2, 0) is 15.5 Å². The molecule has 0 N–H and O–H groups in total. The fourth-order valence-corrected chi connectivity index (χ4v) is 9.16. The lowest BCUT2D eigenvalue weighted by molar-refractivity contribution is -0.351. The summed E-state index contributed by atoms with van der Waals surface area (Å²) in [6, 6.07) is 6.99. The van der Waals surface area contributed by atoms with Crippen molar-refractivity contribution in [3.63, 3.8) is 0 Å². The summed E-state index contributed by atoms with van der Waals surface area (Å²) in [7, 11) is 0. The second-order valence-corrected chi connectivity index (χ2v) is 16.2. The van der Waals surface area contributed by atoms with Gasteiger partial charge in [0.15, 0.2) is 5.82 Å². The van der Waals surface area contributed by atoms with Crippen molar-refractivity contribution < 1.29 is 57.1 Å². The molecule has 54 heavy (non-hydrogen) atoms. The standard InChI is InChI=1S/C34H22F13IN4S2/c1-3-15-5-9-17(10-6-15)51-23-19-13-22-20(14-21(19)53-25(23)49-27(51)29(35,31(36,37)38)32(39,40)41)24-26(54-22)50-28(30(48,33(42,43)44)34(45,46)47)52(24)18-11-7-16(4-2)8-12-18/h5-11,13-14,18H,3-4,12H2,1-2H3. The lowest BCUT2D eigenvalue weighted by atomic mass is 9.99. The minimum Gasteiger partial charge on any atom is -0.318 e. The number of nitrogens with zero attached hydrogens (tertiary/aromatic N) is 4. The van der Waals surface area contributed by atoms with E-state index in [2.05, 4.69) is 9.97 Å². The van der Waals surface area contributed by atoms with Crippen LogP contribution in [-0.4, -0.2) is 43.8 Å². The van der Waals surface area contributed by atoms with E-state index in [0.717, 1.165) is 10.1 Å². The minimum atomic E-state index is -6.49. The number of benzene rings is 2. The molecule has 0 radical (unpaired) electrons. The smallest absolute Gasteiger partial charge is 0.318 e. The number of rotatable bonds is 6. The number of aryl methyl sites for hydroxylation is 1. The van der Waals surface area contributed by atoms with Crippen molar-refractivity contribution in [1.82, 2.24) is 19.1 Å². The molecule has 6 aromatic rings. The number of hydrogen-bond acceptors (Lipinski definition) is 4. The molecular weight excluding hydrogens is 902 g/mol. The number of allylic oxidation sites excluding steroid dienone is 4. The summed E-state index contributed by atoms with van der Waals surface area (Å²) in [5.41, 5.74) is -5.08. The van der Waals surface area contributed by atoms with Gasteiger partial charge in [-0.3, -0.25) is 4.57 Å². The first-order valence-electron chi connectivity index (χ1n) is 15.9.